The molecule has 0 rings (SSSR count). The number of nitrogens with zero attached hydrogens (tertiary/aromatic N) is 1. The zero-order valence-corrected chi connectivity index (χ0v) is 8.37. The molecule has 0 radical (unpaired) electrons. The average Bonchev–Trinajstić information content (AvgIpc) is 2.12. The van der Waals surface area contributed by atoms with Crippen LogP contribution in [-0.4, -0.2) is 12.6 Å². The third-order valence-electron chi connectivity index (χ3n) is 1.44. The molecule has 0 fully saturated rings. The molecule has 0 aromatic heterocycles. The molecule has 1 amide bonds. The van der Waals surface area contributed by atoms with Crippen LogP contribution in [0.25, 0.3) is 0 Å². The summed E-state index contributed by atoms with van der Waals surface area (Å²) in [6.07, 6.45) is 7.05. The van der Waals surface area contributed by atoms with E-state index in [1.165, 1.54) is 0 Å². The smallest absolute Gasteiger partial charge is 0.211 e. The molecular formula is C10H16N2O. The van der Waals surface area contributed by atoms with Crippen LogP contribution in [0, 0.1) is 0 Å². The quantitative estimate of drug-likeness (QED) is 0.510. The number of hydrogen-bond acceptors (Lipinski definition) is 2. The molecule has 0 aliphatic carbocycles. The Balaban J connectivity index is 4.23. The fraction of sp³-hybridized carbons (Fsp3) is 0.400. The summed E-state index contributed by atoms with van der Waals surface area (Å²) in [6.45, 7) is 5.82. The van der Waals surface area contributed by atoms with Crippen LogP contribution < -0.4 is 5.32 Å². The Morgan fingerprint density at radius 1 is 1.54 bits per heavy atom. The van der Waals surface area contributed by atoms with Crippen LogP contribution in [0.15, 0.2) is 28.5 Å². The first-order valence-electron chi connectivity index (χ1n) is 4.31. The minimum Gasteiger partial charge on any atom is -0.328 e. The lowest BCUT2D eigenvalue weighted by Crippen LogP contribution is -2.10. The van der Waals surface area contributed by atoms with Crippen LogP contribution in [-0.2, 0) is 4.79 Å². The van der Waals surface area contributed by atoms with E-state index in [2.05, 4.69) is 17.2 Å². The Bertz CT molecular complexity index is 239. The number of aliphatic imine (C=N–C) groups is 1. The van der Waals surface area contributed by atoms with Gasteiger partial charge >= 0.3 is 0 Å². The Labute approximate surface area is 79.3 Å². The number of hydrogen-bond donors (Lipinski definition) is 1. The maximum absolute atomic E-state index is 10.1. The van der Waals surface area contributed by atoms with Crippen molar-refractivity contribution in [2.45, 2.75) is 27.2 Å². The zero-order chi connectivity index (χ0) is 10.1. The van der Waals surface area contributed by atoms with Crippen molar-refractivity contribution in [2.24, 2.45) is 4.99 Å². The minimum absolute atomic E-state index is 0.639. The molecule has 0 unspecified atom stereocenters. The van der Waals surface area contributed by atoms with Gasteiger partial charge in [0.05, 0.1) is 11.9 Å². The van der Waals surface area contributed by atoms with Crippen LogP contribution >= 0.6 is 0 Å². The molecule has 0 aliphatic heterocycles. The van der Waals surface area contributed by atoms with Crippen molar-refractivity contribution in [2.75, 3.05) is 0 Å². The van der Waals surface area contributed by atoms with Crippen molar-refractivity contribution >= 4 is 12.6 Å². The highest BCUT2D eigenvalue weighted by Crippen LogP contribution is 1.96. The van der Waals surface area contributed by atoms with Crippen LogP contribution in [0.4, 0.5) is 0 Å². The molecule has 0 bridgehead atoms. The number of rotatable bonds is 5. The van der Waals surface area contributed by atoms with Gasteiger partial charge in [0, 0.05) is 5.70 Å². The highest BCUT2D eigenvalue weighted by atomic mass is 16.1. The lowest BCUT2D eigenvalue weighted by molar-refractivity contribution is -0.108. The highest BCUT2D eigenvalue weighted by Gasteiger charge is 1.87. The van der Waals surface area contributed by atoms with Gasteiger partial charge in [-0.1, -0.05) is 19.1 Å². The van der Waals surface area contributed by atoms with Gasteiger partial charge in [-0.3, -0.25) is 9.79 Å². The second-order valence-corrected chi connectivity index (χ2v) is 2.52. The highest BCUT2D eigenvalue weighted by molar-refractivity contribution is 5.81. The summed E-state index contributed by atoms with van der Waals surface area (Å²) < 4.78 is 0. The molecule has 72 valence electrons. The summed E-state index contributed by atoms with van der Waals surface area (Å²) in [7, 11) is 0. The van der Waals surface area contributed by atoms with E-state index >= 15 is 0 Å². The fourth-order valence-corrected chi connectivity index (χ4v) is 0.783. The fourth-order valence-electron chi connectivity index (χ4n) is 0.783. The molecule has 13 heavy (non-hydrogen) atoms. The van der Waals surface area contributed by atoms with Gasteiger partial charge in [0.1, 0.15) is 0 Å². The summed E-state index contributed by atoms with van der Waals surface area (Å²) in [5, 5.41) is 2.53. The van der Waals surface area contributed by atoms with E-state index in [9.17, 15) is 4.79 Å². The molecule has 0 aliphatic rings. The van der Waals surface area contributed by atoms with Gasteiger partial charge in [-0.25, -0.2) is 0 Å². The van der Waals surface area contributed by atoms with Crippen LogP contribution in [0.2, 0.25) is 0 Å². The van der Waals surface area contributed by atoms with Crippen LogP contribution in [0.1, 0.15) is 27.2 Å². The van der Waals surface area contributed by atoms with Gasteiger partial charge in [-0.05, 0) is 20.3 Å². The second-order valence-electron chi connectivity index (χ2n) is 2.52. The van der Waals surface area contributed by atoms with Gasteiger partial charge in [0.25, 0.3) is 0 Å². The number of amides is 1. The van der Waals surface area contributed by atoms with E-state index in [4.69, 9.17) is 0 Å². The first-order chi connectivity index (χ1) is 6.24. The molecule has 3 nitrogen and oxygen atoms in total. The lowest BCUT2D eigenvalue weighted by Gasteiger charge is -1.96. The maximum Gasteiger partial charge on any atom is 0.211 e. The van der Waals surface area contributed by atoms with Crippen molar-refractivity contribution in [1.82, 2.24) is 5.32 Å². The Hall–Kier alpha value is -1.38. The molecular weight excluding hydrogens is 164 g/mol. The largest absolute Gasteiger partial charge is 0.328 e. The normalized spacial score (nSPS) is 13.5. The van der Waals surface area contributed by atoms with Crippen molar-refractivity contribution in [1.29, 1.82) is 0 Å². The SMILES string of the molecule is C\C=C(/C=N\C(C)=C/CC)NC=O. The van der Waals surface area contributed by atoms with Crippen molar-refractivity contribution in [3.63, 3.8) is 0 Å². The van der Waals surface area contributed by atoms with E-state index in [0.717, 1.165) is 12.1 Å². The third kappa shape index (κ3) is 5.84. The molecule has 0 aromatic rings. The predicted molar refractivity (Wildman–Crippen MR) is 55.5 cm³/mol. The molecule has 0 aromatic carbocycles. The summed E-state index contributed by atoms with van der Waals surface area (Å²) >= 11 is 0. The minimum atomic E-state index is 0.639. The Morgan fingerprint density at radius 3 is 2.69 bits per heavy atom. The molecule has 0 heterocycles. The Morgan fingerprint density at radius 2 is 2.23 bits per heavy atom. The van der Waals surface area contributed by atoms with E-state index in [1.54, 1.807) is 12.3 Å². The monoisotopic (exact) mass is 180 g/mol. The number of carbonyl (C=O) groups excluding carboxylic acids is 1. The molecule has 0 saturated carbocycles. The summed E-state index contributed by atoms with van der Waals surface area (Å²) in [4.78, 5) is 14.3. The van der Waals surface area contributed by atoms with Crippen LogP contribution in [0.3, 0.4) is 0 Å². The van der Waals surface area contributed by atoms with E-state index in [-0.39, 0.29) is 0 Å². The third-order valence-corrected chi connectivity index (χ3v) is 1.44. The molecule has 0 saturated heterocycles. The van der Waals surface area contributed by atoms with Crippen molar-refractivity contribution in [3.8, 4) is 0 Å². The molecule has 0 atom stereocenters. The number of nitrogens with one attached hydrogen (secondary N) is 1. The molecule has 3 heteroatoms. The molecule has 1 N–H and O–H groups in total. The Kier molecular flexibility index (Phi) is 6.51. The van der Waals surface area contributed by atoms with E-state index in [1.807, 2.05) is 19.9 Å². The van der Waals surface area contributed by atoms with Gasteiger partial charge in [-0.15, -0.1) is 0 Å². The zero-order valence-electron chi connectivity index (χ0n) is 8.37. The summed E-state index contributed by atoms with van der Waals surface area (Å²) in [5.74, 6) is 0. The number of carbonyl (C=O) groups is 1. The lowest BCUT2D eigenvalue weighted by atomic mass is 10.3. The van der Waals surface area contributed by atoms with Crippen molar-refractivity contribution in [3.05, 3.63) is 23.5 Å². The average molecular weight is 180 g/mol. The van der Waals surface area contributed by atoms with Gasteiger partial charge in [0.15, 0.2) is 0 Å². The van der Waals surface area contributed by atoms with Crippen LogP contribution in [0.5, 0.6) is 0 Å². The predicted octanol–water partition coefficient (Wildman–Crippen LogP) is 2.02. The molecule has 0 spiro atoms. The second kappa shape index (κ2) is 7.28. The van der Waals surface area contributed by atoms with E-state index in [0.29, 0.717) is 12.1 Å². The standard InChI is InChI=1S/C10H16N2O/c1-4-6-9(3)11-7-10(5-2)12-8-13/h5-8H,4H2,1-3H3,(H,12,13)/b9-6-,10-5+,11-7-. The van der Waals surface area contributed by atoms with Gasteiger partial charge in [0.2, 0.25) is 6.41 Å². The number of allylic oxidation sites excluding steroid dienone is 4. The maximum atomic E-state index is 10.1. The first-order valence-corrected chi connectivity index (χ1v) is 4.31. The topological polar surface area (TPSA) is 41.5 Å². The van der Waals surface area contributed by atoms with Gasteiger partial charge in [-0.2, -0.15) is 0 Å². The summed E-state index contributed by atoms with van der Waals surface area (Å²) in [5.41, 5.74) is 1.66. The summed E-state index contributed by atoms with van der Waals surface area (Å²) in [6, 6.07) is 0. The van der Waals surface area contributed by atoms with E-state index < -0.39 is 0 Å². The van der Waals surface area contributed by atoms with Crippen molar-refractivity contribution < 1.29 is 4.79 Å². The van der Waals surface area contributed by atoms with Gasteiger partial charge < -0.3 is 5.32 Å². The first kappa shape index (κ1) is 11.6.